The van der Waals surface area contributed by atoms with Crippen molar-refractivity contribution in [2.45, 2.75) is 6.92 Å². The van der Waals surface area contributed by atoms with Crippen LogP contribution < -0.4 is 10.2 Å². The highest BCUT2D eigenvalue weighted by atomic mass is 35.5. The topological polar surface area (TPSA) is 49.4 Å². The third-order valence-corrected chi connectivity index (χ3v) is 3.94. The van der Waals surface area contributed by atoms with E-state index in [0.29, 0.717) is 15.7 Å². The van der Waals surface area contributed by atoms with E-state index in [4.69, 9.17) is 23.2 Å². The number of nitrogens with one attached hydrogen (secondary N) is 1. The first-order valence-electron chi connectivity index (χ1n) is 7.16. The summed E-state index contributed by atoms with van der Waals surface area (Å²) in [4.78, 5) is 25.2. The molecule has 126 valence electrons. The van der Waals surface area contributed by atoms with E-state index in [9.17, 15) is 14.0 Å². The maximum absolute atomic E-state index is 13.6. The Morgan fingerprint density at radius 2 is 1.71 bits per heavy atom. The van der Waals surface area contributed by atoms with Crippen LogP contribution in [0.25, 0.3) is 0 Å². The summed E-state index contributed by atoms with van der Waals surface area (Å²) in [6.45, 7) is 1.64. The third-order valence-electron chi connectivity index (χ3n) is 3.33. The van der Waals surface area contributed by atoms with E-state index < -0.39 is 11.7 Å². The second kappa shape index (κ2) is 8.13. The normalized spacial score (nSPS) is 10.3. The number of amides is 2. The summed E-state index contributed by atoms with van der Waals surface area (Å²) in [5.41, 5.74) is 0.330. The van der Waals surface area contributed by atoms with Crippen molar-refractivity contribution >= 4 is 40.7 Å². The van der Waals surface area contributed by atoms with Gasteiger partial charge in [0, 0.05) is 20.0 Å². The Bertz CT molecular complexity index is 748. The highest BCUT2D eigenvalue weighted by Gasteiger charge is 2.18. The summed E-state index contributed by atoms with van der Waals surface area (Å²) in [5.74, 6) is -1.43. The first-order valence-corrected chi connectivity index (χ1v) is 7.92. The lowest BCUT2D eigenvalue weighted by Gasteiger charge is -2.23. The monoisotopic (exact) mass is 368 g/mol. The zero-order valence-corrected chi connectivity index (χ0v) is 14.4. The van der Waals surface area contributed by atoms with Crippen LogP contribution in [0.3, 0.4) is 0 Å². The number of nitrogens with zero attached hydrogens (tertiary/aromatic N) is 1. The number of para-hydroxylation sites is 1. The molecular formula is C17H15Cl2FN2O2. The van der Waals surface area contributed by atoms with E-state index in [0.717, 1.165) is 0 Å². The highest BCUT2D eigenvalue weighted by molar-refractivity contribution is 6.39. The van der Waals surface area contributed by atoms with Gasteiger partial charge in [-0.25, -0.2) is 4.39 Å². The molecule has 0 spiro atoms. The molecular weight excluding hydrogens is 354 g/mol. The molecule has 0 fully saturated rings. The Labute approximate surface area is 149 Å². The lowest BCUT2D eigenvalue weighted by Crippen LogP contribution is -2.38. The number of halogens is 3. The van der Waals surface area contributed by atoms with Crippen molar-refractivity contribution in [2.24, 2.45) is 0 Å². The van der Waals surface area contributed by atoms with Crippen molar-refractivity contribution in [1.29, 1.82) is 0 Å². The summed E-state index contributed by atoms with van der Waals surface area (Å²) in [6.07, 6.45) is 0. The van der Waals surface area contributed by atoms with Crippen LogP contribution in [0.2, 0.25) is 10.0 Å². The van der Waals surface area contributed by atoms with Crippen molar-refractivity contribution in [2.75, 3.05) is 18.0 Å². The minimum atomic E-state index is -0.604. The number of carbonyl (C=O) groups is 2. The van der Waals surface area contributed by atoms with Crippen LogP contribution in [0.5, 0.6) is 0 Å². The van der Waals surface area contributed by atoms with Gasteiger partial charge >= 0.3 is 0 Å². The fourth-order valence-corrected chi connectivity index (χ4v) is 2.80. The quantitative estimate of drug-likeness (QED) is 0.869. The summed E-state index contributed by atoms with van der Waals surface area (Å²) in [6, 6.07) is 10.6. The smallest absolute Gasteiger partial charge is 0.254 e. The number of benzene rings is 2. The second-order valence-electron chi connectivity index (χ2n) is 4.98. The van der Waals surface area contributed by atoms with E-state index in [1.807, 2.05) is 0 Å². The highest BCUT2D eigenvalue weighted by Crippen LogP contribution is 2.33. The van der Waals surface area contributed by atoms with Crippen molar-refractivity contribution in [3.63, 3.8) is 0 Å². The van der Waals surface area contributed by atoms with Crippen molar-refractivity contribution in [3.05, 3.63) is 63.9 Å². The van der Waals surface area contributed by atoms with E-state index in [1.165, 1.54) is 30.0 Å². The SMILES string of the molecule is CC(=O)N(CCNC(=O)c1ccccc1F)c1c(Cl)cccc1Cl. The first kappa shape index (κ1) is 18.2. The number of hydrogen-bond acceptors (Lipinski definition) is 2. The molecule has 1 N–H and O–H groups in total. The van der Waals surface area contributed by atoms with E-state index in [1.54, 1.807) is 24.3 Å². The van der Waals surface area contributed by atoms with Crippen molar-refractivity contribution < 1.29 is 14.0 Å². The van der Waals surface area contributed by atoms with Crippen LogP contribution in [0.15, 0.2) is 42.5 Å². The van der Waals surface area contributed by atoms with Gasteiger partial charge in [0.15, 0.2) is 0 Å². The van der Waals surface area contributed by atoms with Gasteiger partial charge in [0.1, 0.15) is 5.82 Å². The molecule has 2 amide bonds. The number of hydrogen-bond donors (Lipinski definition) is 1. The Hall–Kier alpha value is -2.11. The molecule has 4 nitrogen and oxygen atoms in total. The summed E-state index contributed by atoms with van der Waals surface area (Å²) in [5, 5.41) is 3.24. The molecule has 2 aromatic carbocycles. The Morgan fingerprint density at radius 3 is 2.29 bits per heavy atom. The zero-order chi connectivity index (χ0) is 17.7. The average molecular weight is 369 g/mol. The molecule has 0 heterocycles. The predicted octanol–water partition coefficient (Wildman–Crippen LogP) is 3.92. The van der Waals surface area contributed by atoms with Gasteiger partial charge in [-0.2, -0.15) is 0 Å². The van der Waals surface area contributed by atoms with Gasteiger partial charge < -0.3 is 10.2 Å². The summed E-state index contributed by atoms with van der Waals surface area (Å²) in [7, 11) is 0. The van der Waals surface area contributed by atoms with Gasteiger partial charge in [-0.15, -0.1) is 0 Å². The Balaban J connectivity index is 2.07. The van der Waals surface area contributed by atoms with E-state index in [-0.39, 0.29) is 24.6 Å². The molecule has 0 atom stereocenters. The molecule has 2 aromatic rings. The zero-order valence-electron chi connectivity index (χ0n) is 12.9. The standard InChI is InChI=1S/C17H15Cl2FN2O2/c1-11(23)22(16-13(18)6-4-7-14(16)19)10-9-21-17(24)12-5-2-3-8-15(12)20/h2-8H,9-10H2,1H3,(H,21,24). The Morgan fingerprint density at radius 1 is 1.08 bits per heavy atom. The van der Waals surface area contributed by atoms with Gasteiger partial charge in [0.25, 0.3) is 5.91 Å². The average Bonchev–Trinajstić information content (AvgIpc) is 2.53. The molecule has 0 bridgehead atoms. The molecule has 0 saturated heterocycles. The number of carbonyl (C=O) groups excluding carboxylic acids is 2. The molecule has 0 aliphatic carbocycles. The summed E-state index contributed by atoms with van der Waals surface area (Å²) >= 11 is 12.2. The molecule has 0 saturated carbocycles. The van der Waals surface area contributed by atoms with Crippen LogP contribution >= 0.6 is 23.2 Å². The molecule has 24 heavy (non-hydrogen) atoms. The van der Waals surface area contributed by atoms with Crippen LogP contribution in [-0.4, -0.2) is 24.9 Å². The lowest BCUT2D eigenvalue weighted by atomic mass is 10.2. The van der Waals surface area contributed by atoms with E-state index >= 15 is 0 Å². The van der Waals surface area contributed by atoms with Gasteiger partial charge in [0.2, 0.25) is 5.91 Å². The first-order chi connectivity index (χ1) is 11.4. The lowest BCUT2D eigenvalue weighted by molar-refractivity contribution is -0.116. The van der Waals surface area contributed by atoms with Crippen LogP contribution in [0.4, 0.5) is 10.1 Å². The van der Waals surface area contributed by atoms with Crippen molar-refractivity contribution in [3.8, 4) is 0 Å². The van der Waals surface area contributed by atoms with Crippen LogP contribution in [0.1, 0.15) is 17.3 Å². The fraction of sp³-hybridized carbons (Fsp3) is 0.176. The fourth-order valence-electron chi connectivity index (χ4n) is 2.20. The second-order valence-corrected chi connectivity index (χ2v) is 5.79. The van der Waals surface area contributed by atoms with Gasteiger partial charge in [-0.1, -0.05) is 41.4 Å². The van der Waals surface area contributed by atoms with Crippen LogP contribution in [-0.2, 0) is 4.79 Å². The molecule has 2 rings (SSSR count). The largest absolute Gasteiger partial charge is 0.350 e. The number of anilines is 1. The van der Waals surface area contributed by atoms with Gasteiger partial charge in [0.05, 0.1) is 21.3 Å². The maximum Gasteiger partial charge on any atom is 0.254 e. The molecule has 0 unspecified atom stereocenters. The minimum absolute atomic E-state index is 0.0531. The molecule has 0 radical (unpaired) electrons. The summed E-state index contributed by atoms with van der Waals surface area (Å²) < 4.78 is 13.6. The molecule has 0 aromatic heterocycles. The minimum Gasteiger partial charge on any atom is -0.350 e. The Kier molecular flexibility index (Phi) is 6.17. The molecule has 7 heteroatoms. The van der Waals surface area contributed by atoms with Crippen LogP contribution in [0, 0.1) is 5.82 Å². The molecule has 0 aliphatic rings. The molecule has 0 aliphatic heterocycles. The van der Waals surface area contributed by atoms with Gasteiger partial charge in [-0.3, -0.25) is 9.59 Å². The maximum atomic E-state index is 13.6. The number of rotatable bonds is 5. The van der Waals surface area contributed by atoms with E-state index in [2.05, 4.69) is 5.32 Å². The predicted molar refractivity (Wildman–Crippen MR) is 93.2 cm³/mol. The third kappa shape index (κ3) is 4.24. The van der Waals surface area contributed by atoms with Gasteiger partial charge in [-0.05, 0) is 24.3 Å². The van der Waals surface area contributed by atoms with Crippen molar-refractivity contribution in [1.82, 2.24) is 5.32 Å².